The normalized spacial score (nSPS) is 14.7. The molecule has 0 aliphatic carbocycles. The van der Waals surface area contributed by atoms with Crippen molar-refractivity contribution in [3.05, 3.63) is 95.0 Å². The topological polar surface area (TPSA) is 118 Å². The van der Waals surface area contributed by atoms with Gasteiger partial charge in [0.25, 0.3) is 11.8 Å². The first-order valence-electron chi connectivity index (χ1n) is 11.8. The molecular weight excluding hydrogens is 511 g/mol. The Balaban J connectivity index is 1.43. The predicted molar refractivity (Wildman–Crippen MR) is 140 cm³/mol. The van der Waals surface area contributed by atoms with E-state index in [-0.39, 0.29) is 46.2 Å². The van der Waals surface area contributed by atoms with Crippen molar-refractivity contribution in [2.75, 3.05) is 11.9 Å². The second kappa shape index (κ2) is 10.8. The van der Waals surface area contributed by atoms with Gasteiger partial charge in [0.15, 0.2) is 5.69 Å². The minimum absolute atomic E-state index is 0.0255. The Morgan fingerprint density at radius 2 is 1.87 bits per heavy atom. The first-order chi connectivity index (χ1) is 18.4. The molecule has 1 aliphatic heterocycles. The highest BCUT2D eigenvalue weighted by molar-refractivity contribution is 6.34. The van der Waals surface area contributed by atoms with Crippen molar-refractivity contribution >= 4 is 35.1 Å². The number of para-hydroxylation sites is 1. The van der Waals surface area contributed by atoms with Crippen LogP contribution in [0.5, 0.6) is 0 Å². The number of aromatic nitrogens is 3. The molecule has 0 spiro atoms. The van der Waals surface area contributed by atoms with Crippen LogP contribution in [0.3, 0.4) is 0 Å². The first-order valence-corrected chi connectivity index (χ1v) is 12.2. The third-order valence-electron chi connectivity index (χ3n) is 6.02. The Labute approximate surface area is 222 Å². The van der Waals surface area contributed by atoms with Crippen LogP contribution in [0.25, 0.3) is 16.9 Å². The van der Waals surface area contributed by atoms with E-state index < -0.39 is 17.6 Å². The molecule has 38 heavy (non-hydrogen) atoms. The molecule has 1 fully saturated rings. The molecule has 11 heteroatoms. The fourth-order valence-electron chi connectivity index (χ4n) is 4.11. The zero-order valence-corrected chi connectivity index (χ0v) is 20.7. The summed E-state index contributed by atoms with van der Waals surface area (Å²) in [7, 11) is 0. The summed E-state index contributed by atoms with van der Waals surface area (Å²) in [6.07, 6.45) is 2.58. The van der Waals surface area contributed by atoms with Gasteiger partial charge in [-0.15, -0.1) is 0 Å². The minimum atomic E-state index is -0.620. The zero-order chi connectivity index (χ0) is 26.6. The number of hydrogen-bond acceptors (Lipinski definition) is 5. The molecule has 1 saturated heterocycles. The van der Waals surface area contributed by atoms with Gasteiger partial charge in [0.2, 0.25) is 5.91 Å². The summed E-state index contributed by atoms with van der Waals surface area (Å²) in [6.45, 7) is 0.256. The van der Waals surface area contributed by atoms with Crippen molar-refractivity contribution in [2.45, 2.75) is 18.9 Å². The number of hydrogen-bond donors (Lipinski definition) is 3. The van der Waals surface area contributed by atoms with Crippen LogP contribution in [-0.2, 0) is 4.79 Å². The van der Waals surface area contributed by atoms with Crippen LogP contribution in [-0.4, -0.2) is 45.1 Å². The summed E-state index contributed by atoms with van der Waals surface area (Å²) in [5, 5.41) is 12.6. The molecule has 1 atom stereocenters. The average molecular weight is 533 g/mol. The Bertz CT molecular complexity index is 1510. The van der Waals surface area contributed by atoms with E-state index in [9.17, 15) is 18.8 Å². The quantitative estimate of drug-likeness (QED) is 0.333. The molecule has 0 bridgehead atoms. The molecule has 3 amide bonds. The van der Waals surface area contributed by atoms with Gasteiger partial charge >= 0.3 is 0 Å². The van der Waals surface area contributed by atoms with Crippen LogP contribution in [0.4, 0.5) is 10.2 Å². The van der Waals surface area contributed by atoms with Gasteiger partial charge in [-0.25, -0.2) is 9.07 Å². The number of carbonyl (C=O) groups excluding carboxylic acids is 3. The van der Waals surface area contributed by atoms with E-state index in [1.54, 1.807) is 42.5 Å². The fraction of sp³-hybridized carbons (Fsp3) is 0.148. The number of nitrogens with one attached hydrogen (secondary N) is 3. The molecule has 2 aromatic heterocycles. The number of halogens is 2. The van der Waals surface area contributed by atoms with Crippen LogP contribution in [0.2, 0.25) is 5.02 Å². The Morgan fingerprint density at radius 3 is 2.58 bits per heavy atom. The number of carbonyl (C=O) groups is 3. The summed E-state index contributed by atoms with van der Waals surface area (Å²) < 4.78 is 16.1. The molecule has 9 nitrogen and oxygen atoms in total. The van der Waals surface area contributed by atoms with E-state index in [4.69, 9.17) is 11.6 Å². The molecule has 1 unspecified atom stereocenters. The molecule has 5 rings (SSSR count). The van der Waals surface area contributed by atoms with E-state index in [1.165, 1.54) is 23.0 Å². The van der Waals surface area contributed by atoms with Gasteiger partial charge < -0.3 is 16.0 Å². The average Bonchev–Trinajstić information content (AvgIpc) is 3.54. The van der Waals surface area contributed by atoms with Crippen LogP contribution in [0.1, 0.15) is 33.7 Å². The molecular formula is C27H22ClFN6O3. The third kappa shape index (κ3) is 5.40. The summed E-state index contributed by atoms with van der Waals surface area (Å²) in [6, 6.07) is 17.7. The number of rotatable bonds is 7. The molecule has 0 radical (unpaired) electrons. The first kappa shape index (κ1) is 25.1. The number of pyridine rings is 1. The lowest BCUT2D eigenvalue weighted by atomic mass is 10.1. The smallest absolute Gasteiger partial charge is 0.271 e. The lowest BCUT2D eigenvalue weighted by Gasteiger charge is -2.11. The predicted octanol–water partition coefficient (Wildman–Crippen LogP) is 3.99. The van der Waals surface area contributed by atoms with Crippen LogP contribution < -0.4 is 16.0 Å². The van der Waals surface area contributed by atoms with Gasteiger partial charge in [-0.05, 0) is 42.8 Å². The third-order valence-corrected chi connectivity index (χ3v) is 6.33. The summed E-state index contributed by atoms with van der Waals surface area (Å²) in [5.41, 5.74) is 1.16. The van der Waals surface area contributed by atoms with Crippen molar-refractivity contribution in [2.24, 2.45) is 0 Å². The minimum Gasteiger partial charge on any atom is -0.352 e. The lowest BCUT2D eigenvalue weighted by molar-refractivity contribution is -0.119. The van der Waals surface area contributed by atoms with Crippen LogP contribution in [0.15, 0.2) is 72.9 Å². The summed E-state index contributed by atoms with van der Waals surface area (Å²) in [4.78, 5) is 41.7. The standard InChI is InChI=1S/C27H22ClFN6O3/c28-20-13-21(29)19(22-8-4-5-11-30-22)12-18(20)26(37)33-24-14-23(34-35(24)17-6-2-1-3-7-17)27(38)31-15-16-9-10-25(36)32-16/h1-8,11-14,16H,9-10,15H2,(H,31,38)(H,32,36)(H,33,37). The summed E-state index contributed by atoms with van der Waals surface area (Å²) in [5.74, 6) is -1.54. The molecule has 4 aromatic rings. The molecule has 0 saturated carbocycles. The maximum atomic E-state index is 14.7. The van der Waals surface area contributed by atoms with E-state index in [2.05, 4.69) is 26.0 Å². The van der Waals surface area contributed by atoms with Gasteiger partial charge in [0, 0.05) is 36.8 Å². The van der Waals surface area contributed by atoms with Crippen molar-refractivity contribution in [1.29, 1.82) is 0 Å². The Kier molecular flexibility index (Phi) is 7.14. The van der Waals surface area contributed by atoms with Crippen molar-refractivity contribution in [1.82, 2.24) is 25.4 Å². The van der Waals surface area contributed by atoms with E-state index in [1.807, 2.05) is 6.07 Å². The second-order valence-electron chi connectivity index (χ2n) is 8.66. The maximum Gasteiger partial charge on any atom is 0.271 e. The van der Waals surface area contributed by atoms with Crippen LogP contribution >= 0.6 is 11.6 Å². The molecule has 3 N–H and O–H groups in total. The number of amides is 3. The van der Waals surface area contributed by atoms with Gasteiger partial charge in [-0.3, -0.25) is 19.4 Å². The molecule has 3 heterocycles. The van der Waals surface area contributed by atoms with E-state index in [0.29, 0.717) is 24.2 Å². The number of anilines is 1. The van der Waals surface area contributed by atoms with Crippen molar-refractivity contribution in [3.63, 3.8) is 0 Å². The molecule has 1 aliphatic rings. The largest absolute Gasteiger partial charge is 0.352 e. The zero-order valence-electron chi connectivity index (χ0n) is 19.9. The molecule has 2 aromatic carbocycles. The van der Waals surface area contributed by atoms with Gasteiger partial charge in [-0.1, -0.05) is 35.9 Å². The van der Waals surface area contributed by atoms with Crippen molar-refractivity contribution in [3.8, 4) is 16.9 Å². The second-order valence-corrected chi connectivity index (χ2v) is 9.06. The van der Waals surface area contributed by atoms with Crippen molar-refractivity contribution < 1.29 is 18.8 Å². The van der Waals surface area contributed by atoms with Crippen LogP contribution in [0, 0.1) is 5.82 Å². The van der Waals surface area contributed by atoms with Gasteiger partial charge in [0.1, 0.15) is 11.6 Å². The highest BCUT2D eigenvalue weighted by Crippen LogP contribution is 2.28. The summed E-state index contributed by atoms with van der Waals surface area (Å²) >= 11 is 6.24. The fourth-order valence-corrected chi connectivity index (χ4v) is 4.35. The monoisotopic (exact) mass is 532 g/mol. The van der Waals surface area contributed by atoms with Gasteiger partial charge in [-0.2, -0.15) is 5.10 Å². The highest BCUT2D eigenvalue weighted by atomic mass is 35.5. The molecule has 192 valence electrons. The SMILES string of the molecule is O=C1CCC(CNC(=O)c2cc(NC(=O)c3cc(-c4ccccn4)c(F)cc3Cl)n(-c3ccccc3)n2)N1. The lowest BCUT2D eigenvalue weighted by Crippen LogP contribution is -2.38. The van der Waals surface area contributed by atoms with E-state index >= 15 is 0 Å². The Morgan fingerprint density at radius 1 is 1.08 bits per heavy atom. The Hall–Kier alpha value is -4.57. The highest BCUT2D eigenvalue weighted by Gasteiger charge is 2.24. The number of benzene rings is 2. The maximum absolute atomic E-state index is 14.7. The van der Waals surface area contributed by atoms with E-state index in [0.717, 1.165) is 6.07 Å². The van der Waals surface area contributed by atoms with Gasteiger partial charge in [0.05, 0.1) is 22.0 Å². The number of nitrogens with zero attached hydrogens (tertiary/aromatic N) is 3.